The highest BCUT2D eigenvalue weighted by Gasteiger charge is 2.19. The monoisotopic (exact) mass is 297 g/mol. The van der Waals surface area contributed by atoms with Gasteiger partial charge in [-0.3, -0.25) is 9.78 Å². The van der Waals surface area contributed by atoms with E-state index in [4.69, 9.17) is 4.74 Å². The Morgan fingerprint density at radius 2 is 1.91 bits per heavy atom. The minimum atomic E-state index is 0.0988. The third kappa shape index (κ3) is 3.87. The molecule has 1 fully saturated rings. The standard InChI is InChI=1S/C17H19N3O2/c21-17(8-13-4-2-1-3-5-13)16-9-14(6-7-20-16)22-15-10-18-12-19-11-15/h6-7,9-13H,1-5,8H2. The molecule has 0 atom stereocenters. The van der Waals surface area contributed by atoms with E-state index in [2.05, 4.69) is 15.0 Å². The number of pyridine rings is 1. The quantitative estimate of drug-likeness (QED) is 0.785. The molecular formula is C17H19N3O2. The Morgan fingerprint density at radius 3 is 2.68 bits per heavy atom. The predicted molar refractivity (Wildman–Crippen MR) is 81.9 cm³/mol. The second-order valence-electron chi connectivity index (χ2n) is 5.68. The van der Waals surface area contributed by atoms with Gasteiger partial charge in [0.2, 0.25) is 0 Å². The van der Waals surface area contributed by atoms with Gasteiger partial charge >= 0.3 is 0 Å². The van der Waals surface area contributed by atoms with Gasteiger partial charge in [-0.25, -0.2) is 9.97 Å². The van der Waals surface area contributed by atoms with E-state index in [1.165, 1.54) is 25.6 Å². The minimum Gasteiger partial charge on any atom is -0.454 e. The second kappa shape index (κ2) is 7.11. The minimum absolute atomic E-state index is 0.0988. The Bertz CT molecular complexity index is 625. The third-order valence-electron chi connectivity index (χ3n) is 3.99. The predicted octanol–water partition coefficient (Wildman–Crippen LogP) is 3.82. The molecule has 0 aromatic carbocycles. The maximum atomic E-state index is 12.4. The number of Topliss-reactive ketones (excluding diaryl/α,β-unsaturated/α-hetero) is 1. The molecule has 1 aliphatic rings. The normalized spacial score (nSPS) is 15.5. The first-order valence-electron chi connectivity index (χ1n) is 7.73. The first-order valence-corrected chi connectivity index (χ1v) is 7.73. The summed E-state index contributed by atoms with van der Waals surface area (Å²) in [5.41, 5.74) is 0.472. The molecule has 0 radical (unpaired) electrons. The van der Waals surface area contributed by atoms with Crippen LogP contribution in [0.4, 0.5) is 0 Å². The molecule has 114 valence electrons. The summed E-state index contributed by atoms with van der Waals surface area (Å²) < 4.78 is 5.64. The lowest BCUT2D eigenvalue weighted by molar-refractivity contribution is 0.0945. The molecule has 0 unspecified atom stereocenters. The lowest BCUT2D eigenvalue weighted by atomic mass is 9.85. The molecule has 0 N–H and O–H groups in total. The number of nitrogens with zero attached hydrogens (tertiary/aromatic N) is 3. The number of carbonyl (C=O) groups excluding carboxylic acids is 1. The van der Waals surface area contributed by atoms with Crippen LogP contribution in [0.1, 0.15) is 49.0 Å². The van der Waals surface area contributed by atoms with E-state index in [0.29, 0.717) is 29.5 Å². The lowest BCUT2D eigenvalue weighted by Crippen LogP contribution is -2.13. The van der Waals surface area contributed by atoms with Gasteiger partial charge in [-0.1, -0.05) is 32.1 Å². The van der Waals surface area contributed by atoms with Crippen LogP contribution in [0, 0.1) is 5.92 Å². The van der Waals surface area contributed by atoms with Crippen LogP contribution in [0.5, 0.6) is 11.5 Å². The van der Waals surface area contributed by atoms with E-state index in [1.54, 1.807) is 30.7 Å². The second-order valence-corrected chi connectivity index (χ2v) is 5.68. The summed E-state index contributed by atoms with van der Waals surface area (Å²) in [7, 11) is 0. The van der Waals surface area contributed by atoms with Crippen molar-refractivity contribution in [3.05, 3.63) is 42.7 Å². The fourth-order valence-corrected chi connectivity index (χ4v) is 2.86. The highest BCUT2D eigenvalue weighted by atomic mass is 16.5. The highest BCUT2D eigenvalue weighted by molar-refractivity contribution is 5.94. The van der Waals surface area contributed by atoms with Crippen molar-refractivity contribution in [2.24, 2.45) is 5.92 Å². The average Bonchev–Trinajstić information content (AvgIpc) is 2.57. The molecule has 1 aliphatic carbocycles. The highest BCUT2D eigenvalue weighted by Crippen LogP contribution is 2.28. The smallest absolute Gasteiger partial charge is 0.181 e. The Labute approximate surface area is 129 Å². The van der Waals surface area contributed by atoms with Crippen molar-refractivity contribution < 1.29 is 9.53 Å². The van der Waals surface area contributed by atoms with Crippen molar-refractivity contribution in [2.45, 2.75) is 38.5 Å². The van der Waals surface area contributed by atoms with E-state index >= 15 is 0 Å². The van der Waals surface area contributed by atoms with Crippen molar-refractivity contribution in [2.75, 3.05) is 0 Å². The molecule has 2 aromatic heterocycles. The fraction of sp³-hybridized carbons (Fsp3) is 0.412. The average molecular weight is 297 g/mol. The zero-order valence-corrected chi connectivity index (χ0v) is 12.4. The maximum absolute atomic E-state index is 12.4. The van der Waals surface area contributed by atoms with Crippen molar-refractivity contribution in [3.63, 3.8) is 0 Å². The van der Waals surface area contributed by atoms with Crippen LogP contribution in [0.3, 0.4) is 0 Å². The van der Waals surface area contributed by atoms with Crippen molar-refractivity contribution in [3.8, 4) is 11.5 Å². The molecule has 2 heterocycles. The van der Waals surface area contributed by atoms with Crippen molar-refractivity contribution in [1.29, 1.82) is 0 Å². The third-order valence-corrected chi connectivity index (χ3v) is 3.99. The summed E-state index contributed by atoms with van der Waals surface area (Å²) in [6.07, 6.45) is 12.9. The summed E-state index contributed by atoms with van der Waals surface area (Å²) in [6, 6.07) is 3.42. The van der Waals surface area contributed by atoms with Gasteiger partial charge in [0.05, 0.1) is 12.4 Å². The van der Waals surface area contributed by atoms with E-state index in [-0.39, 0.29) is 5.78 Å². The lowest BCUT2D eigenvalue weighted by Gasteiger charge is -2.20. The molecule has 22 heavy (non-hydrogen) atoms. The molecule has 5 nitrogen and oxygen atoms in total. The van der Waals surface area contributed by atoms with Crippen LogP contribution in [-0.2, 0) is 0 Å². The van der Waals surface area contributed by atoms with Gasteiger partial charge in [-0.2, -0.15) is 0 Å². The van der Waals surface area contributed by atoms with E-state index in [0.717, 1.165) is 12.8 Å². The molecular weight excluding hydrogens is 278 g/mol. The molecule has 3 rings (SSSR count). The Kier molecular flexibility index (Phi) is 4.73. The van der Waals surface area contributed by atoms with Gasteiger partial charge in [-0.15, -0.1) is 0 Å². The maximum Gasteiger partial charge on any atom is 0.181 e. The topological polar surface area (TPSA) is 65.0 Å². The Balaban J connectivity index is 1.66. The number of carbonyl (C=O) groups is 1. The number of ketones is 1. The van der Waals surface area contributed by atoms with Gasteiger partial charge in [0.15, 0.2) is 11.5 Å². The first kappa shape index (κ1) is 14.6. The van der Waals surface area contributed by atoms with Gasteiger partial charge in [0.1, 0.15) is 17.8 Å². The van der Waals surface area contributed by atoms with Gasteiger partial charge in [0, 0.05) is 18.7 Å². The number of rotatable bonds is 5. The molecule has 0 aliphatic heterocycles. The summed E-state index contributed by atoms with van der Waals surface area (Å²) in [5.74, 6) is 1.73. The van der Waals surface area contributed by atoms with Crippen LogP contribution in [0.25, 0.3) is 0 Å². The van der Waals surface area contributed by atoms with Gasteiger partial charge in [0.25, 0.3) is 0 Å². The summed E-state index contributed by atoms with van der Waals surface area (Å²) in [6.45, 7) is 0. The fourth-order valence-electron chi connectivity index (χ4n) is 2.86. The van der Waals surface area contributed by atoms with Crippen molar-refractivity contribution in [1.82, 2.24) is 15.0 Å². The van der Waals surface area contributed by atoms with E-state index in [1.807, 2.05) is 0 Å². The van der Waals surface area contributed by atoms with E-state index in [9.17, 15) is 4.79 Å². The molecule has 1 saturated carbocycles. The Morgan fingerprint density at radius 1 is 1.14 bits per heavy atom. The Hall–Kier alpha value is -2.30. The number of ether oxygens (including phenoxy) is 1. The first-order chi connectivity index (χ1) is 10.8. The zero-order chi connectivity index (χ0) is 15.2. The molecule has 5 heteroatoms. The molecule has 0 saturated heterocycles. The molecule has 0 bridgehead atoms. The number of aromatic nitrogens is 3. The number of hydrogen-bond donors (Lipinski definition) is 0. The van der Waals surface area contributed by atoms with Crippen LogP contribution < -0.4 is 4.74 Å². The SMILES string of the molecule is O=C(CC1CCCCC1)c1cc(Oc2cncnc2)ccn1. The largest absolute Gasteiger partial charge is 0.454 e. The van der Waals surface area contributed by atoms with Gasteiger partial charge < -0.3 is 4.74 Å². The van der Waals surface area contributed by atoms with Gasteiger partial charge in [-0.05, 0) is 12.0 Å². The van der Waals surface area contributed by atoms with Crippen LogP contribution in [0.2, 0.25) is 0 Å². The number of hydrogen-bond acceptors (Lipinski definition) is 5. The van der Waals surface area contributed by atoms with Crippen molar-refractivity contribution >= 4 is 5.78 Å². The van der Waals surface area contributed by atoms with Crippen LogP contribution in [0.15, 0.2) is 37.1 Å². The molecule has 0 amide bonds. The summed E-state index contributed by atoms with van der Waals surface area (Å²) in [4.78, 5) is 24.4. The molecule has 2 aromatic rings. The molecule has 0 spiro atoms. The van der Waals surface area contributed by atoms with Crippen LogP contribution in [-0.4, -0.2) is 20.7 Å². The summed E-state index contributed by atoms with van der Waals surface area (Å²) >= 11 is 0. The van der Waals surface area contributed by atoms with E-state index < -0.39 is 0 Å². The zero-order valence-electron chi connectivity index (χ0n) is 12.4. The van der Waals surface area contributed by atoms with Crippen LogP contribution >= 0.6 is 0 Å². The summed E-state index contributed by atoms with van der Waals surface area (Å²) in [5, 5.41) is 0.